The first-order valence-corrected chi connectivity index (χ1v) is 6.11. The monoisotopic (exact) mass is 294 g/mol. The number of ether oxygens (including phenoxy) is 1. The van der Waals surface area contributed by atoms with Crippen LogP contribution in [0, 0.1) is 11.3 Å². The molecule has 0 atom stereocenters. The van der Waals surface area contributed by atoms with Crippen LogP contribution in [0.2, 0.25) is 0 Å². The number of hydrogen-bond acceptors (Lipinski definition) is 5. The molecule has 6 nitrogen and oxygen atoms in total. The number of methoxy groups -OCH3 is 1. The zero-order chi connectivity index (χ0) is 15.5. The average Bonchev–Trinajstić information content (AvgIpc) is 2.44. The number of nitrogens with zero attached hydrogens (tertiary/aromatic N) is 2. The van der Waals surface area contributed by atoms with Crippen LogP contribution >= 0.6 is 12.2 Å². The van der Waals surface area contributed by atoms with E-state index in [1.807, 2.05) is 0 Å². The van der Waals surface area contributed by atoms with Crippen molar-refractivity contribution in [2.75, 3.05) is 14.2 Å². The molecule has 0 fully saturated rings. The van der Waals surface area contributed by atoms with E-state index in [1.54, 1.807) is 38.2 Å². The normalized spacial score (nSPS) is 9.65. The Balaban J connectivity index is 0.00000110. The smallest absolute Gasteiger partial charge is 0.186 e. The van der Waals surface area contributed by atoms with Crippen LogP contribution in [0.25, 0.3) is 0 Å². The molecule has 1 aromatic rings. The largest absolute Gasteiger partial charge is 0.507 e. The second-order valence-corrected chi connectivity index (χ2v) is 3.87. The van der Waals surface area contributed by atoms with Crippen molar-refractivity contribution < 1.29 is 9.84 Å². The first kappa shape index (κ1) is 17.7. The molecule has 0 radical (unpaired) electrons. The Hall–Kier alpha value is -2.33. The zero-order valence-corrected chi connectivity index (χ0v) is 12.7. The maximum absolute atomic E-state index is 9.78. The number of hydrogen-bond donors (Lipinski definition) is 3. The van der Waals surface area contributed by atoms with Gasteiger partial charge in [0.05, 0.1) is 24.5 Å². The van der Waals surface area contributed by atoms with E-state index in [4.69, 9.17) is 22.2 Å². The van der Waals surface area contributed by atoms with Gasteiger partial charge in [0.25, 0.3) is 0 Å². The third-order valence-electron chi connectivity index (χ3n) is 2.14. The van der Waals surface area contributed by atoms with E-state index < -0.39 is 0 Å². The van der Waals surface area contributed by atoms with Gasteiger partial charge in [-0.2, -0.15) is 10.4 Å². The highest BCUT2D eigenvalue weighted by molar-refractivity contribution is 7.80. The third kappa shape index (κ3) is 5.54. The quantitative estimate of drug-likeness (QED) is 0.447. The lowest BCUT2D eigenvalue weighted by Crippen LogP contribution is -2.29. The lowest BCUT2D eigenvalue weighted by Gasteiger charge is -2.10. The van der Waals surface area contributed by atoms with Crippen molar-refractivity contribution in [3.63, 3.8) is 0 Å². The van der Waals surface area contributed by atoms with E-state index >= 15 is 0 Å². The molecule has 0 amide bonds. The van der Waals surface area contributed by atoms with Crippen LogP contribution in [0.4, 0.5) is 0 Å². The minimum atomic E-state index is 0.114. The molecular formula is C13H18N4O2S. The highest BCUT2D eigenvalue weighted by Gasteiger charge is 2.11. The van der Waals surface area contributed by atoms with Gasteiger partial charge < -0.3 is 15.2 Å². The van der Waals surface area contributed by atoms with E-state index in [-0.39, 0.29) is 5.75 Å². The molecule has 0 aromatic heterocycles. The summed E-state index contributed by atoms with van der Waals surface area (Å²) in [5.74, 6) is 0.672. The molecule has 0 saturated heterocycles. The van der Waals surface area contributed by atoms with Gasteiger partial charge in [0, 0.05) is 14.0 Å². The van der Waals surface area contributed by atoms with Crippen molar-refractivity contribution in [1.29, 1.82) is 5.26 Å². The van der Waals surface area contributed by atoms with Gasteiger partial charge in [-0.3, -0.25) is 5.43 Å². The Bertz CT molecular complexity index is 524. The summed E-state index contributed by atoms with van der Waals surface area (Å²) in [5.41, 5.74) is 3.77. The fraction of sp³-hybridized carbons (Fsp3) is 0.308. The van der Waals surface area contributed by atoms with Gasteiger partial charge in [0.2, 0.25) is 0 Å². The topological polar surface area (TPSA) is 89.7 Å². The number of phenolic OH excluding ortho intramolecular Hbond substituents is 1. The molecule has 0 aliphatic heterocycles. The summed E-state index contributed by atoms with van der Waals surface area (Å²) in [4.78, 5) is 0. The predicted octanol–water partition coefficient (Wildman–Crippen LogP) is 1.75. The summed E-state index contributed by atoms with van der Waals surface area (Å²) in [6.45, 7) is 3.18. The van der Waals surface area contributed by atoms with Gasteiger partial charge in [-0.05, 0) is 31.3 Å². The molecule has 20 heavy (non-hydrogen) atoms. The Kier molecular flexibility index (Phi) is 8.46. The fourth-order valence-electron chi connectivity index (χ4n) is 1.30. The molecule has 1 rings (SSSR count). The summed E-state index contributed by atoms with van der Waals surface area (Å²) >= 11 is 4.89. The van der Waals surface area contributed by atoms with Crippen molar-refractivity contribution >= 4 is 23.0 Å². The van der Waals surface area contributed by atoms with Crippen molar-refractivity contribution in [2.24, 2.45) is 5.10 Å². The van der Waals surface area contributed by atoms with Crippen molar-refractivity contribution in [1.82, 2.24) is 10.7 Å². The van der Waals surface area contributed by atoms with Crippen LogP contribution < -0.4 is 15.5 Å². The molecule has 0 saturated carbocycles. The molecule has 1 aromatic carbocycles. The second kappa shape index (κ2) is 9.58. The number of hydrazone groups is 1. The first-order chi connectivity index (χ1) is 9.51. The number of nitriles is 1. The van der Waals surface area contributed by atoms with Gasteiger partial charge in [-0.15, -0.1) is 0 Å². The summed E-state index contributed by atoms with van der Waals surface area (Å²) in [7, 11) is 3.23. The van der Waals surface area contributed by atoms with Crippen molar-refractivity contribution in [3.05, 3.63) is 23.8 Å². The third-order valence-corrected chi connectivity index (χ3v) is 2.43. The van der Waals surface area contributed by atoms with Crippen LogP contribution in [0.15, 0.2) is 23.3 Å². The van der Waals surface area contributed by atoms with E-state index in [1.165, 1.54) is 14.0 Å². The van der Waals surface area contributed by atoms with Crippen molar-refractivity contribution in [3.8, 4) is 17.6 Å². The molecule has 108 valence electrons. The zero-order valence-electron chi connectivity index (χ0n) is 11.9. The standard InChI is InChI=1S/C11H15N3O2S.C2H3N/c1-7(13-14-11(17)12-2)10-8(15)5-4-6-9(10)16-3;1-2-3/h4-6,15H,1-3H3,(H2,12,14,17);1H3/b13-7-;. The lowest BCUT2D eigenvalue weighted by atomic mass is 10.1. The molecule has 0 bridgehead atoms. The second-order valence-electron chi connectivity index (χ2n) is 3.47. The number of phenols is 1. The average molecular weight is 294 g/mol. The van der Waals surface area contributed by atoms with E-state index in [0.717, 1.165) is 0 Å². The van der Waals surface area contributed by atoms with Crippen LogP contribution in [-0.4, -0.2) is 30.1 Å². The lowest BCUT2D eigenvalue weighted by molar-refractivity contribution is 0.406. The number of aromatic hydroxyl groups is 1. The van der Waals surface area contributed by atoms with Gasteiger partial charge in [0.1, 0.15) is 11.5 Å². The molecule has 0 aliphatic rings. The maximum atomic E-state index is 9.78. The van der Waals surface area contributed by atoms with Gasteiger partial charge in [-0.1, -0.05) is 6.07 Å². The minimum Gasteiger partial charge on any atom is -0.507 e. The van der Waals surface area contributed by atoms with E-state index in [0.29, 0.717) is 22.1 Å². The minimum absolute atomic E-state index is 0.114. The highest BCUT2D eigenvalue weighted by atomic mass is 32.1. The Morgan fingerprint density at radius 2 is 2.10 bits per heavy atom. The predicted molar refractivity (Wildman–Crippen MR) is 83.0 cm³/mol. The molecule has 0 heterocycles. The summed E-state index contributed by atoms with van der Waals surface area (Å²) in [6, 6.07) is 6.79. The molecule has 7 heteroatoms. The maximum Gasteiger partial charge on any atom is 0.186 e. The number of benzene rings is 1. The Morgan fingerprint density at radius 1 is 1.50 bits per heavy atom. The van der Waals surface area contributed by atoms with Gasteiger partial charge in [-0.25, -0.2) is 0 Å². The summed E-state index contributed by atoms with van der Waals surface area (Å²) in [5, 5.41) is 24.3. The Morgan fingerprint density at radius 3 is 2.60 bits per heavy atom. The fourth-order valence-corrected chi connectivity index (χ4v) is 1.35. The van der Waals surface area contributed by atoms with Crippen LogP contribution in [0.5, 0.6) is 11.5 Å². The first-order valence-electron chi connectivity index (χ1n) is 5.70. The van der Waals surface area contributed by atoms with E-state index in [9.17, 15) is 5.11 Å². The summed E-state index contributed by atoms with van der Waals surface area (Å²) in [6.07, 6.45) is 0. The highest BCUT2D eigenvalue weighted by Crippen LogP contribution is 2.27. The molecule has 3 N–H and O–H groups in total. The van der Waals surface area contributed by atoms with Gasteiger partial charge >= 0.3 is 0 Å². The number of thiocarbonyl (C=S) groups is 1. The van der Waals surface area contributed by atoms with Crippen molar-refractivity contribution in [2.45, 2.75) is 13.8 Å². The molecule has 0 spiro atoms. The SMILES string of the molecule is CC#N.CNC(=S)N/N=C(/C)c1c(O)cccc1OC. The van der Waals surface area contributed by atoms with Crippen LogP contribution in [0.1, 0.15) is 19.4 Å². The summed E-state index contributed by atoms with van der Waals surface area (Å²) < 4.78 is 5.16. The van der Waals surface area contributed by atoms with Crippen LogP contribution in [-0.2, 0) is 0 Å². The number of rotatable bonds is 3. The number of nitrogens with one attached hydrogen (secondary N) is 2. The molecule has 0 unspecified atom stereocenters. The van der Waals surface area contributed by atoms with E-state index in [2.05, 4.69) is 15.8 Å². The van der Waals surface area contributed by atoms with Crippen LogP contribution in [0.3, 0.4) is 0 Å². The molecule has 0 aliphatic carbocycles. The molecular weight excluding hydrogens is 276 g/mol. The van der Waals surface area contributed by atoms with Gasteiger partial charge in [0.15, 0.2) is 5.11 Å². The Labute approximate surface area is 124 Å².